The minimum atomic E-state index is 1.18. The van der Waals surface area contributed by atoms with Crippen LogP contribution in [-0.4, -0.2) is 9.13 Å². The Labute approximate surface area is 204 Å². The maximum atomic E-state index is 2.46. The Morgan fingerprint density at radius 1 is 0.429 bits per heavy atom. The zero-order chi connectivity index (χ0) is 23.7. The highest BCUT2D eigenvalue weighted by Gasteiger charge is 2.17. The van der Waals surface area contributed by atoms with Crippen LogP contribution in [0.1, 0.15) is 16.7 Å². The molecule has 2 heterocycles. The van der Waals surface area contributed by atoms with E-state index in [0.29, 0.717) is 0 Å². The van der Waals surface area contributed by atoms with Crippen molar-refractivity contribution in [3.8, 4) is 11.4 Å². The summed E-state index contributed by atoms with van der Waals surface area (Å²) >= 11 is 0. The largest absolute Gasteiger partial charge is 0.309 e. The Morgan fingerprint density at radius 2 is 1.03 bits per heavy atom. The Bertz CT molecular complexity index is 1910. The first kappa shape index (κ1) is 20.1. The molecule has 7 aromatic rings. The zero-order valence-electron chi connectivity index (χ0n) is 20.2. The smallest absolute Gasteiger partial charge is 0.0562 e. The van der Waals surface area contributed by atoms with Gasteiger partial charge in [0.25, 0.3) is 0 Å². The van der Waals surface area contributed by atoms with Crippen LogP contribution in [0.3, 0.4) is 0 Å². The molecule has 168 valence electrons. The van der Waals surface area contributed by atoms with Gasteiger partial charge in [-0.2, -0.15) is 0 Å². The van der Waals surface area contributed by atoms with Crippen molar-refractivity contribution in [1.29, 1.82) is 0 Å². The minimum Gasteiger partial charge on any atom is -0.309 e. The number of aromatic nitrogens is 2. The highest BCUT2D eigenvalue weighted by atomic mass is 15.0. The summed E-state index contributed by atoms with van der Waals surface area (Å²) in [6.45, 7) is 6.59. The first-order valence-electron chi connectivity index (χ1n) is 12.2. The van der Waals surface area contributed by atoms with Crippen molar-refractivity contribution in [1.82, 2.24) is 9.13 Å². The predicted molar refractivity (Wildman–Crippen MR) is 149 cm³/mol. The first-order valence-corrected chi connectivity index (χ1v) is 12.2. The lowest BCUT2D eigenvalue weighted by atomic mass is 10.1. The molecule has 0 saturated heterocycles. The second-order valence-electron chi connectivity index (χ2n) is 9.67. The van der Waals surface area contributed by atoms with Gasteiger partial charge in [0.1, 0.15) is 0 Å². The molecule has 0 aliphatic rings. The van der Waals surface area contributed by atoms with Crippen molar-refractivity contribution >= 4 is 43.6 Å². The zero-order valence-corrected chi connectivity index (χ0v) is 20.2. The number of para-hydroxylation sites is 3. The van der Waals surface area contributed by atoms with Crippen LogP contribution >= 0.6 is 0 Å². The third kappa shape index (κ3) is 2.83. The van der Waals surface area contributed by atoms with Gasteiger partial charge in [-0.3, -0.25) is 0 Å². The number of rotatable bonds is 2. The van der Waals surface area contributed by atoms with Gasteiger partial charge in [-0.15, -0.1) is 0 Å². The molecule has 2 heteroatoms. The summed E-state index contributed by atoms with van der Waals surface area (Å²) in [5.41, 5.74) is 11.3. The topological polar surface area (TPSA) is 9.86 Å². The number of benzene rings is 5. The molecule has 7 rings (SSSR count). The molecule has 0 atom stereocenters. The normalized spacial score (nSPS) is 11.9. The molecule has 0 unspecified atom stereocenters. The molecule has 2 aromatic heterocycles. The number of nitrogens with zero attached hydrogens (tertiary/aromatic N) is 2. The van der Waals surface area contributed by atoms with E-state index in [9.17, 15) is 0 Å². The molecular formula is C33H26N2. The van der Waals surface area contributed by atoms with Gasteiger partial charge < -0.3 is 9.13 Å². The minimum absolute atomic E-state index is 1.18. The van der Waals surface area contributed by atoms with Crippen molar-refractivity contribution in [3.63, 3.8) is 0 Å². The van der Waals surface area contributed by atoms with E-state index in [-0.39, 0.29) is 0 Å². The summed E-state index contributed by atoms with van der Waals surface area (Å²) in [5, 5.41) is 5.16. The van der Waals surface area contributed by atoms with E-state index in [1.807, 2.05) is 0 Å². The summed E-state index contributed by atoms with van der Waals surface area (Å²) in [6.07, 6.45) is 0. The summed E-state index contributed by atoms with van der Waals surface area (Å²) in [5.74, 6) is 0. The van der Waals surface area contributed by atoms with E-state index >= 15 is 0 Å². The molecule has 5 aromatic carbocycles. The van der Waals surface area contributed by atoms with Crippen molar-refractivity contribution < 1.29 is 0 Å². The monoisotopic (exact) mass is 450 g/mol. The average molecular weight is 451 g/mol. The van der Waals surface area contributed by atoms with Crippen LogP contribution in [0.2, 0.25) is 0 Å². The van der Waals surface area contributed by atoms with E-state index in [0.717, 1.165) is 0 Å². The lowest BCUT2D eigenvalue weighted by Crippen LogP contribution is -2.01. The van der Waals surface area contributed by atoms with Crippen molar-refractivity contribution in [3.05, 3.63) is 120 Å². The van der Waals surface area contributed by atoms with Gasteiger partial charge in [-0.25, -0.2) is 0 Å². The fourth-order valence-electron chi connectivity index (χ4n) is 5.86. The summed E-state index contributed by atoms with van der Waals surface area (Å²) in [7, 11) is 0. The fraction of sp³-hybridized carbons (Fsp3) is 0.0909. The highest BCUT2D eigenvalue weighted by Crippen LogP contribution is 2.38. The van der Waals surface area contributed by atoms with Crippen LogP contribution in [0.4, 0.5) is 0 Å². The molecule has 0 aliphatic heterocycles. The second kappa shape index (κ2) is 7.35. The molecule has 0 N–H and O–H groups in total. The predicted octanol–water partition coefficient (Wildman–Crippen LogP) is 8.81. The number of hydrogen-bond donors (Lipinski definition) is 0. The van der Waals surface area contributed by atoms with Gasteiger partial charge in [0.05, 0.1) is 27.8 Å². The molecule has 0 radical (unpaired) electrons. The van der Waals surface area contributed by atoms with Crippen molar-refractivity contribution in [2.75, 3.05) is 0 Å². The van der Waals surface area contributed by atoms with Crippen molar-refractivity contribution in [2.24, 2.45) is 0 Å². The third-order valence-corrected chi connectivity index (χ3v) is 7.41. The van der Waals surface area contributed by atoms with Gasteiger partial charge in [-0.05, 0) is 68.3 Å². The van der Waals surface area contributed by atoms with Gasteiger partial charge in [0.2, 0.25) is 0 Å². The molecule has 35 heavy (non-hydrogen) atoms. The average Bonchev–Trinajstić information content (AvgIpc) is 3.36. The molecular weight excluding hydrogens is 424 g/mol. The molecule has 0 spiro atoms. The Hall–Kier alpha value is -4.30. The molecule has 0 fully saturated rings. The Balaban J connectivity index is 1.63. The molecule has 0 amide bonds. The van der Waals surface area contributed by atoms with Gasteiger partial charge in [0.15, 0.2) is 0 Å². The van der Waals surface area contributed by atoms with Gasteiger partial charge in [-0.1, -0.05) is 72.3 Å². The van der Waals surface area contributed by atoms with Crippen molar-refractivity contribution in [2.45, 2.75) is 20.8 Å². The van der Waals surface area contributed by atoms with Crippen LogP contribution < -0.4 is 0 Å². The van der Waals surface area contributed by atoms with E-state index in [1.165, 1.54) is 71.7 Å². The first-order chi connectivity index (χ1) is 17.1. The van der Waals surface area contributed by atoms with Gasteiger partial charge in [0, 0.05) is 27.2 Å². The lowest BCUT2D eigenvalue weighted by Gasteiger charge is -2.15. The van der Waals surface area contributed by atoms with Crippen LogP contribution in [-0.2, 0) is 0 Å². The van der Waals surface area contributed by atoms with E-state index in [1.54, 1.807) is 0 Å². The highest BCUT2D eigenvalue weighted by molar-refractivity contribution is 6.12. The fourth-order valence-corrected chi connectivity index (χ4v) is 5.86. The van der Waals surface area contributed by atoms with E-state index in [2.05, 4.69) is 133 Å². The quantitative estimate of drug-likeness (QED) is 0.249. The summed E-state index contributed by atoms with van der Waals surface area (Å²) < 4.78 is 4.87. The third-order valence-electron chi connectivity index (χ3n) is 7.41. The van der Waals surface area contributed by atoms with Gasteiger partial charge >= 0.3 is 0 Å². The SMILES string of the molecule is Cc1ccc2c(c1)c1ccccc1n2-c1ccc2c3ccccc3n(-c3c(C)cccc3C)c2c1. The summed E-state index contributed by atoms with van der Waals surface area (Å²) in [6, 6.07) is 37.8. The van der Waals surface area contributed by atoms with Crippen LogP contribution in [0.25, 0.3) is 55.0 Å². The number of hydrogen-bond acceptors (Lipinski definition) is 0. The maximum absolute atomic E-state index is 2.46. The lowest BCUT2D eigenvalue weighted by molar-refractivity contribution is 1.11. The Kier molecular flexibility index (Phi) is 4.22. The maximum Gasteiger partial charge on any atom is 0.0562 e. The van der Waals surface area contributed by atoms with Crippen LogP contribution in [0.15, 0.2) is 103 Å². The molecule has 0 bridgehead atoms. The van der Waals surface area contributed by atoms with Crippen LogP contribution in [0, 0.1) is 20.8 Å². The number of aryl methyl sites for hydroxylation is 3. The van der Waals surface area contributed by atoms with E-state index < -0.39 is 0 Å². The Morgan fingerprint density at radius 3 is 1.77 bits per heavy atom. The standard InChI is InChI=1S/C33H26N2/c1-21-15-18-31-28(19-21)26-12-5-6-13-29(26)34(31)24-16-17-27-25-11-4-7-14-30(25)35(32(27)20-24)33-22(2)9-8-10-23(33)3/h4-20H,1-3H3. The number of fused-ring (bicyclic) bond motifs is 6. The van der Waals surface area contributed by atoms with E-state index in [4.69, 9.17) is 0 Å². The second-order valence-corrected chi connectivity index (χ2v) is 9.67. The summed E-state index contributed by atoms with van der Waals surface area (Å²) in [4.78, 5) is 0. The molecule has 0 saturated carbocycles. The van der Waals surface area contributed by atoms with Crippen LogP contribution in [0.5, 0.6) is 0 Å². The molecule has 0 aliphatic carbocycles. The molecule has 2 nitrogen and oxygen atoms in total.